The minimum Gasteiger partial charge on any atom is -0.408 e. The lowest BCUT2D eigenvalue weighted by Crippen LogP contribution is -2.15. The number of hydrogen-bond acceptors (Lipinski definition) is 3. The lowest BCUT2D eigenvalue weighted by atomic mass is 10.2. The number of hydrogen-bond donors (Lipinski definition) is 1. The Morgan fingerprint density at radius 1 is 1.30 bits per heavy atom. The number of rotatable bonds is 2. The molecule has 102 valence electrons. The number of halogens is 2. The van der Waals surface area contributed by atoms with Gasteiger partial charge in [-0.05, 0) is 45.8 Å². The lowest BCUT2D eigenvalue weighted by molar-refractivity contribution is 0.516. The molecular formula is C14H10BrFN2O2. The van der Waals surface area contributed by atoms with Gasteiger partial charge in [-0.15, -0.1) is 0 Å². The average Bonchev–Trinajstić information content (AvgIpc) is 2.71. The zero-order chi connectivity index (χ0) is 14.3. The summed E-state index contributed by atoms with van der Waals surface area (Å²) in [7, 11) is 0. The van der Waals surface area contributed by atoms with Gasteiger partial charge in [0.15, 0.2) is 5.58 Å². The summed E-state index contributed by atoms with van der Waals surface area (Å²) in [6.45, 7) is 0.202. The highest BCUT2D eigenvalue weighted by Crippen LogP contribution is 2.23. The summed E-state index contributed by atoms with van der Waals surface area (Å²) >= 11 is 3.18. The van der Waals surface area contributed by atoms with Crippen LogP contribution in [0.4, 0.5) is 10.1 Å². The van der Waals surface area contributed by atoms with Crippen LogP contribution in [0.5, 0.6) is 0 Å². The van der Waals surface area contributed by atoms with E-state index in [2.05, 4.69) is 15.9 Å². The molecule has 0 spiro atoms. The van der Waals surface area contributed by atoms with Crippen molar-refractivity contribution in [2.24, 2.45) is 0 Å². The molecule has 4 nitrogen and oxygen atoms in total. The largest absolute Gasteiger partial charge is 0.420 e. The topological polar surface area (TPSA) is 61.2 Å². The van der Waals surface area contributed by atoms with Gasteiger partial charge in [0, 0.05) is 5.69 Å². The van der Waals surface area contributed by atoms with Gasteiger partial charge in [0.2, 0.25) is 0 Å². The molecule has 0 radical (unpaired) electrons. The Hall–Kier alpha value is -2.08. The van der Waals surface area contributed by atoms with Crippen LogP contribution in [0, 0.1) is 5.82 Å². The molecule has 6 heteroatoms. The van der Waals surface area contributed by atoms with Gasteiger partial charge in [-0.3, -0.25) is 4.57 Å². The smallest absolute Gasteiger partial charge is 0.408 e. The molecule has 2 N–H and O–H groups in total. The first kappa shape index (κ1) is 12.9. The fraction of sp³-hybridized carbons (Fsp3) is 0.0714. The Labute approximate surface area is 121 Å². The molecule has 0 unspecified atom stereocenters. The highest BCUT2D eigenvalue weighted by atomic mass is 79.9. The van der Waals surface area contributed by atoms with Gasteiger partial charge in [-0.1, -0.05) is 12.1 Å². The maximum absolute atomic E-state index is 13.5. The number of fused-ring (bicyclic) bond motifs is 1. The van der Waals surface area contributed by atoms with Crippen molar-refractivity contribution in [3.8, 4) is 0 Å². The van der Waals surface area contributed by atoms with Crippen molar-refractivity contribution in [2.45, 2.75) is 6.54 Å². The van der Waals surface area contributed by atoms with Gasteiger partial charge >= 0.3 is 5.76 Å². The third kappa shape index (κ3) is 2.12. The van der Waals surface area contributed by atoms with Crippen molar-refractivity contribution in [3.63, 3.8) is 0 Å². The van der Waals surface area contributed by atoms with Crippen molar-refractivity contribution >= 4 is 32.7 Å². The molecule has 2 aromatic carbocycles. The number of oxazole rings is 1. The molecule has 0 fully saturated rings. The quantitative estimate of drug-likeness (QED) is 0.731. The Morgan fingerprint density at radius 2 is 2.10 bits per heavy atom. The molecule has 0 aliphatic rings. The molecular weight excluding hydrogens is 327 g/mol. The maximum atomic E-state index is 13.5. The highest BCUT2D eigenvalue weighted by Gasteiger charge is 2.12. The maximum Gasteiger partial charge on any atom is 0.420 e. The van der Waals surface area contributed by atoms with Crippen molar-refractivity contribution in [2.75, 3.05) is 5.73 Å². The van der Waals surface area contributed by atoms with Crippen molar-refractivity contribution < 1.29 is 8.81 Å². The molecule has 3 rings (SSSR count). The van der Waals surface area contributed by atoms with Crippen LogP contribution in [0.25, 0.3) is 11.1 Å². The number of nitrogens with zero attached hydrogens (tertiary/aromatic N) is 1. The van der Waals surface area contributed by atoms with Gasteiger partial charge in [0.25, 0.3) is 0 Å². The van der Waals surface area contributed by atoms with Crippen molar-refractivity contribution in [1.82, 2.24) is 4.57 Å². The van der Waals surface area contributed by atoms with Gasteiger partial charge in [0.1, 0.15) is 5.82 Å². The van der Waals surface area contributed by atoms with Gasteiger partial charge in [-0.25, -0.2) is 9.18 Å². The highest BCUT2D eigenvalue weighted by molar-refractivity contribution is 9.10. The zero-order valence-corrected chi connectivity index (χ0v) is 11.9. The minimum absolute atomic E-state index is 0.202. The van der Waals surface area contributed by atoms with Gasteiger partial charge < -0.3 is 10.2 Å². The van der Waals surface area contributed by atoms with Crippen LogP contribution >= 0.6 is 15.9 Å². The summed E-state index contributed by atoms with van der Waals surface area (Å²) < 4.78 is 20.4. The SMILES string of the molecule is Nc1ccc2oc(=O)n(Cc3cccc(F)c3Br)c2c1. The third-order valence-corrected chi connectivity index (χ3v) is 3.94. The number of benzene rings is 2. The number of nitrogens with two attached hydrogens (primary N) is 1. The van der Waals surface area contributed by atoms with Crippen LogP contribution in [-0.2, 0) is 6.54 Å². The summed E-state index contributed by atoms with van der Waals surface area (Å²) in [4.78, 5) is 11.9. The summed E-state index contributed by atoms with van der Waals surface area (Å²) in [6, 6.07) is 9.65. The van der Waals surface area contributed by atoms with E-state index in [1.54, 1.807) is 30.3 Å². The molecule has 0 bridgehead atoms. The predicted molar refractivity (Wildman–Crippen MR) is 78.1 cm³/mol. The molecule has 20 heavy (non-hydrogen) atoms. The molecule has 1 heterocycles. The minimum atomic E-state index is -0.498. The Morgan fingerprint density at radius 3 is 2.90 bits per heavy atom. The monoisotopic (exact) mass is 336 g/mol. The normalized spacial score (nSPS) is 11.1. The molecule has 1 aromatic heterocycles. The Kier molecular flexibility index (Phi) is 3.10. The second-order valence-corrected chi connectivity index (χ2v) is 5.19. The van der Waals surface area contributed by atoms with E-state index in [4.69, 9.17) is 10.2 Å². The molecule has 0 saturated carbocycles. The molecule has 0 atom stereocenters. The Bertz CT molecular complexity index is 854. The standard InChI is InChI=1S/C14H10BrFN2O2/c15-13-8(2-1-3-10(13)16)7-18-11-6-9(17)4-5-12(11)20-14(18)19/h1-6H,7,17H2. The van der Waals surface area contributed by atoms with E-state index in [0.29, 0.717) is 26.8 Å². The molecule has 0 aliphatic carbocycles. The summed E-state index contributed by atoms with van der Waals surface area (Å²) in [5.74, 6) is -0.871. The van der Waals surface area contributed by atoms with Crippen molar-refractivity contribution in [3.05, 3.63) is 62.8 Å². The Balaban J connectivity index is 2.15. The van der Waals surface area contributed by atoms with E-state index < -0.39 is 5.76 Å². The van der Waals surface area contributed by atoms with Crippen molar-refractivity contribution in [1.29, 1.82) is 0 Å². The zero-order valence-electron chi connectivity index (χ0n) is 10.3. The van der Waals surface area contributed by atoms with Gasteiger partial charge in [0.05, 0.1) is 16.5 Å². The van der Waals surface area contributed by atoms with E-state index in [0.717, 1.165) is 0 Å². The van der Waals surface area contributed by atoms with E-state index in [-0.39, 0.29) is 12.4 Å². The summed E-state index contributed by atoms with van der Waals surface area (Å²) in [5, 5.41) is 0. The van der Waals surface area contributed by atoms with E-state index in [1.807, 2.05) is 0 Å². The first-order valence-electron chi connectivity index (χ1n) is 5.88. The van der Waals surface area contributed by atoms with Crippen LogP contribution in [0.3, 0.4) is 0 Å². The fourth-order valence-electron chi connectivity index (χ4n) is 2.07. The number of nitrogen functional groups attached to an aromatic ring is 1. The molecule has 3 aromatic rings. The van der Waals surface area contributed by atoms with Gasteiger partial charge in [-0.2, -0.15) is 0 Å². The third-order valence-electron chi connectivity index (χ3n) is 3.05. The summed E-state index contributed by atoms with van der Waals surface area (Å²) in [6.07, 6.45) is 0. The van der Waals surface area contributed by atoms with E-state index in [9.17, 15) is 9.18 Å². The molecule has 0 aliphatic heterocycles. The predicted octanol–water partition coefficient (Wildman–Crippen LogP) is 3.13. The second kappa shape index (κ2) is 4.79. The summed E-state index contributed by atoms with van der Waals surface area (Å²) in [5.41, 5.74) is 7.95. The second-order valence-electron chi connectivity index (χ2n) is 4.39. The average molecular weight is 337 g/mol. The number of anilines is 1. The van der Waals surface area contributed by atoms with Crippen LogP contribution in [0.1, 0.15) is 5.56 Å². The molecule has 0 saturated heterocycles. The first-order valence-corrected chi connectivity index (χ1v) is 6.67. The van der Waals surface area contributed by atoms with Crippen LogP contribution in [0.2, 0.25) is 0 Å². The fourth-order valence-corrected chi connectivity index (χ4v) is 2.46. The van der Waals surface area contributed by atoms with Crippen LogP contribution in [0.15, 0.2) is 50.1 Å². The van der Waals surface area contributed by atoms with Crippen LogP contribution < -0.4 is 11.5 Å². The lowest BCUT2D eigenvalue weighted by Gasteiger charge is -2.06. The van der Waals surface area contributed by atoms with Crippen LogP contribution in [-0.4, -0.2) is 4.57 Å². The first-order chi connectivity index (χ1) is 9.56. The number of aromatic nitrogens is 1. The van der Waals surface area contributed by atoms with E-state index in [1.165, 1.54) is 10.6 Å². The van der Waals surface area contributed by atoms with E-state index >= 15 is 0 Å². The molecule has 0 amide bonds.